The molecule has 0 aliphatic heterocycles. The summed E-state index contributed by atoms with van der Waals surface area (Å²) in [5, 5.41) is 13.5. The smallest absolute Gasteiger partial charge is 0.336 e. The molecule has 0 saturated heterocycles. The molecule has 19 heavy (non-hydrogen) atoms. The van der Waals surface area contributed by atoms with E-state index < -0.39 is 5.97 Å². The Labute approximate surface area is 116 Å². The van der Waals surface area contributed by atoms with E-state index in [9.17, 15) is 4.79 Å². The van der Waals surface area contributed by atoms with Crippen molar-refractivity contribution in [2.24, 2.45) is 0 Å². The van der Waals surface area contributed by atoms with Gasteiger partial charge in [-0.05, 0) is 32.0 Å². The number of hydrogen-bond acceptors (Lipinski definition) is 3. The highest BCUT2D eigenvalue weighted by molar-refractivity contribution is 7.98. The van der Waals surface area contributed by atoms with E-state index in [-0.39, 0.29) is 0 Å². The van der Waals surface area contributed by atoms with Gasteiger partial charge in [0.25, 0.3) is 0 Å². The fraction of sp³-hybridized carbons (Fsp3) is 0.286. The zero-order chi connectivity index (χ0) is 13.8. The number of thioether (sulfide) groups is 1. The predicted molar refractivity (Wildman–Crippen MR) is 75.6 cm³/mol. The van der Waals surface area contributed by atoms with Gasteiger partial charge in [-0.25, -0.2) is 4.79 Å². The molecule has 100 valence electrons. The maximum absolute atomic E-state index is 11.1. The summed E-state index contributed by atoms with van der Waals surface area (Å²) in [7, 11) is 0. The lowest BCUT2D eigenvalue weighted by Crippen LogP contribution is -2.02. The summed E-state index contributed by atoms with van der Waals surface area (Å²) in [6.45, 7) is 4.83. The Hall–Kier alpha value is -1.75. The van der Waals surface area contributed by atoms with E-state index in [1.807, 2.05) is 36.7 Å². The van der Waals surface area contributed by atoms with Crippen LogP contribution in [0, 0.1) is 6.92 Å². The normalized spacial score (nSPS) is 10.6. The molecule has 1 aromatic carbocycles. The van der Waals surface area contributed by atoms with Crippen molar-refractivity contribution < 1.29 is 9.90 Å². The summed E-state index contributed by atoms with van der Waals surface area (Å²) in [5.74, 6) is -0.165. The van der Waals surface area contributed by atoms with Crippen molar-refractivity contribution in [3.63, 3.8) is 0 Å². The van der Waals surface area contributed by atoms with Crippen LogP contribution in [0.2, 0.25) is 0 Å². The molecule has 1 aromatic heterocycles. The van der Waals surface area contributed by atoms with Crippen LogP contribution < -0.4 is 0 Å². The van der Waals surface area contributed by atoms with E-state index in [0.29, 0.717) is 5.56 Å². The third kappa shape index (κ3) is 3.17. The number of carboxylic acids is 1. The number of aryl methyl sites for hydroxylation is 2. The van der Waals surface area contributed by atoms with Crippen LogP contribution in [0.3, 0.4) is 0 Å². The molecule has 0 spiro atoms. The molecule has 0 radical (unpaired) electrons. The molecule has 0 bridgehead atoms. The number of rotatable bonds is 5. The highest BCUT2D eigenvalue weighted by Crippen LogP contribution is 2.26. The quantitative estimate of drug-likeness (QED) is 0.852. The van der Waals surface area contributed by atoms with Gasteiger partial charge in [-0.15, -0.1) is 11.8 Å². The second-order valence-electron chi connectivity index (χ2n) is 4.18. The van der Waals surface area contributed by atoms with Crippen molar-refractivity contribution in [1.29, 1.82) is 0 Å². The highest BCUT2D eigenvalue weighted by atomic mass is 32.2. The Morgan fingerprint density at radius 2 is 2.16 bits per heavy atom. The van der Waals surface area contributed by atoms with Gasteiger partial charge >= 0.3 is 5.97 Å². The molecule has 1 N–H and O–H groups in total. The Morgan fingerprint density at radius 1 is 1.42 bits per heavy atom. The largest absolute Gasteiger partial charge is 0.478 e. The van der Waals surface area contributed by atoms with Crippen LogP contribution in [0.4, 0.5) is 0 Å². The molecular weight excluding hydrogens is 260 g/mol. The maximum atomic E-state index is 11.1. The molecule has 4 nitrogen and oxygen atoms in total. The predicted octanol–water partition coefficient (Wildman–Crippen LogP) is 3.20. The Morgan fingerprint density at radius 3 is 2.84 bits per heavy atom. The van der Waals surface area contributed by atoms with E-state index >= 15 is 0 Å². The summed E-state index contributed by atoms with van der Waals surface area (Å²) in [5.41, 5.74) is 2.46. The molecule has 5 heteroatoms. The summed E-state index contributed by atoms with van der Waals surface area (Å²) >= 11 is 1.53. The van der Waals surface area contributed by atoms with Gasteiger partial charge in [-0.2, -0.15) is 5.10 Å². The average molecular weight is 276 g/mol. The van der Waals surface area contributed by atoms with Crippen molar-refractivity contribution in [2.45, 2.75) is 31.0 Å². The summed E-state index contributed by atoms with van der Waals surface area (Å²) in [4.78, 5) is 11.9. The number of hydrogen-bond donors (Lipinski definition) is 1. The first kappa shape index (κ1) is 13.7. The van der Waals surface area contributed by atoms with Gasteiger partial charge in [0.2, 0.25) is 0 Å². The number of benzene rings is 1. The first-order chi connectivity index (χ1) is 9.11. The molecule has 0 saturated carbocycles. The fourth-order valence-electron chi connectivity index (χ4n) is 1.91. The molecule has 2 aromatic rings. The van der Waals surface area contributed by atoms with Gasteiger partial charge in [0.1, 0.15) is 0 Å². The molecule has 0 fully saturated rings. The number of aromatic carboxylic acids is 1. The minimum atomic E-state index is -0.886. The van der Waals surface area contributed by atoms with E-state index in [4.69, 9.17) is 5.11 Å². The SMILES string of the molecule is CCn1nc(C)cc1CSc1ccccc1C(=O)O. The molecule has 0 atom stereocenters. The molecule has 0 amide bonds. The van der Waals surface area contributed by atoms with E-state index in [1.165, 1.54) is 11.8 Å². The molecule has 2 rings (SSSR count). The van der Waals surface area contributed by atoms with Crippen molar-refractivity contribution in [3.8, 4) is 0 Å². The summed E-state index contributed by atoms with van der Waals surface area (Å²) < 4.78 is 1.95. The minimum Gasteiger partial charge on any atom is -0.478 e. The standard InChI is InChI=1S/C14H16N2O2S/c1-3-16-11(8-10(2)15-16)9-19-13-7-5-4-6-12(13)14(17)18/h4-8H,3,9H2,1-2H3,(H,17,18). The third-order valence-corrected chi connectivity index (χ3v) is 3.89. The van der Waals surface area contributed by atoms with Crippen molar-refractivity contribution in [3.05, 3.63) is 47.3 Å². The Kier molecular flexibility index (Phi) is 4.27. The average Bonchev–Trinajstić information content (AvgIpc) is 2.77. The number of nitrogens with zero attached hydrogens (tertiary/aromatic N) is 2. The van der Waals surface area contributed by atoms with Crippen LogP contribution >= 0.6 is 11.8 Å². The van der Waals surface area contributed by atoms with Crippen LogP contribution in [0.25, 0.3) is 0 Å². The van der Waals surface area contributed by atoms with Crippen molar-refractivity contribution in [2.75, 3.05) is 0 Å². The first-order valence-electron chi connectivity index (χ1n) is 6.10. The lowest BCUT2D eigenvalue weighted by molar-refractivity contribution is 0.0693. The second kappa shape index (κ2) is 5.93. The zero-order valence-corrected chi connectivity index (χ0v) is 11.8. The number of aromatic nitrogens is 2. The van der Waals surface area contributed by atoms with Gasteiger partial charge in [-0.3, -0.25) is 4.68 Å². The first-order valence-corrected chi connectivity index (χ1v) is 7.08. The van der Waals surface area contributed by atoms with Crippen LogP contribution in [-0.4, -0.2) is 20.9 Å². The fourth-order valence-corrected chi connectivity index (χ4v) is 2.93. The molecule has 0 aliphatic rings. The summed E-state index contributed by atoms with van der Waals surface area (Å²) in [6, 6.07) is 9.12. The van der Waals surface area contributed by atoms with Crippen LogP contribution in [0.5, 0.6) is 0 Å². The summed E-state index contributed by atoms with van der Waals surface area (Å²) in [6.07, 6.45) is 0. The Balaban J connectivity index is 2.16. The van der Waals surface area contributed by atoms with Crippen molar-refractivity contribution >= 4 is 17.7 Å². The zero-order valence-electron chi connectivity index (χ0n) is 11.0. The third-order valence-electron chi connectivity index (χ3n) is 2.78. The van der Waals surface area contributed by atoms with Crippen LogP contribution in [0.1, 0.15) is 28.7 Å². The van der Waals surface area contributed by atoms with Gasteiger partial charge < -0.3 is 5.11 Å². The van der Waals surface area contributed by atoms with Gasteiger partial charge in [-0.1, -0.05) is 12.1 Å². The van der Waals surface area contributed by atoms with E-state index in [0.717, 1.165) is 28.6 Å². The van der Waals surface area contributed by atoms with Gasteiger partial charge in [0.05, 0.1) is 11.3 Å². The molecular formula is C14H16N2O2S. The van der Waals surface area contributed by atoms with Crippen LogP contribution in [0.15, 0.2) is 35.2 Å². The van der Waals surface area contributed by atoms with Gasteiger partial charge in [0.15, 0.2) is 0 Å². The van der Waals surface area contributed by atoms with Crippen LogP contribution in [-0.2, 0) is 12.3 Å². The van der Waals surface area contributed by atoms with Crippen molar-refractivity contribution in [1.82, 2.24) is 9.78 Å². The van der Waals surface area contributed by atoms with E-state index in [2.05, 4.69) is 5.10 Å². The van der Waals surface area contributed by atoms with E-state index in [1.54, 1.807) is 12.1 Å². The molecule has 0 unspecified atom stereocenters. The second-order valence-corrected chi connectivity index (χ2v) is 5.20. The maximum Gasteiger partial charge on any atom is 0.336 e. The molecule has 1 heterocycles. The lowest BCUT2D eigenvalue weighted by Gasteiger charge is -2.06. The topological polar surface area (TPSA) is 55.1 Å². The monoisotopic (exact) mass is 276 g/mol. The molecule has 0 aliphatic carbocycles. The Bertz CT molecular complexity index is 593. The lowest BCUT2D eigenvalue weighted by atomic mass is 10.2. The number of carboxylic acid groups (broad SMARTS) is 1. The minimum absolute atomic E-state index is 0.354. The number of carbonyl (C=O) groups is 1. The highest BCUT2D eigenvalue weighted by Gasteiger charge is 2.11. The van der Waals surface area contributed by atoms with Gasteiger partial charge in [0, 0.05) is 22.9 Å².